The highest BCUT2D eigenvalue weighted by molar-refractivity contribution is 5.61. The minimum Gasteiger partial charge on any atom is -0.383 e. The van der Waals surface area contributed by atoms with E-state index in [1.54, 1.807) is 6.20 Å². The van der Waals surface area contributed by atoms with Crippen molar-refractivity contribution >= 4 is 5.82 Å². The Morgan fingerprint density at radius 2 is 2.06 bits per heavy atom. The SMILES string of the molecule is CCCn1ccnc1-c1nc(CC)nc(N)c1C. The van der Waals surface area contributed by atoms with Crippen molar-refractivity contribution in [1.82, 2.24) is 19.5 Å². The van der Waals surface area contributed by atoms with Crippen LogP contribution in [0.5, 0.6) is 0 Å². The quantitative estimate of drug-likeness (QED) is 0.896. The summed E-state index contributed by atoms with van der Waals surface area (Å²) in [6.45, 7) is 7.03. The molecule has 2 N–H and O–H groups in total. The van der Waals surface area contributed by atoms with E-state index in [1.165, 1.54) is 0 Å². The topological polar surface area (TPSA) is 69.6 Å². The Bertz CT molecular complexity index is 544. The van der Waals surface area contributed by atoms with E-state index in [0.29, 0.717) is 5.82 Å². The fourth-order valence-electron chi connectivity index (χ4n) is 1.91. The third-order valence-corrected chi connectivity index (χ3v) is 2.94. The molecule has 0 atom stereocenters. The first-order chi connectivity index (χ1) is 8.67. The second kappa shape index (κ2) is 5.16. The molecule has 0 saturated heterocycles. The molecule has 0 fully saturated rings. The monoisotopic (exact) mass is 245 g/mol. The van der Waals surface area contributed by atoms with Crippen LogP contribution in [0, 0.1) is 6.92 Å². The molecule has 0 spiro atoms. The summed E-state index contributed by atoms with van der Waals surface area (Å²) in [5.74, 6) is 2.18. The van der Waals surface area contributed by atoms with E-state index in [9.17, 15) is 0 Å². The number of nitrogen functional groups attached to an aromatic ring is 1. The Morgan fingerprint density at radius 3 is 2.72 bits per heavy atom. The minimum absolute atomic E-state index is 0.544. The molecule has 0 radical (unpaired) electrons. The summed E-state index contributed by atoms with van der Waals surface area (Å²) in [5.41, 5.74) is 7.68. The third-order valence-electron chi connectivity index (χ3n) is 2.94. The summed E-state index contributed by atoms with van der Waals surface area (Å²) in [4.78, 5) is 13.2. The van der Waals surface area contributed by atoms with Gasteiger partial charge in [0.25, 0.3) is 0 Å². The molecule has 5 heteroatoms. The van der Waals surface area contributed by atoms with Gasteiger partial charge in [-0.1, -0.05) is 13.8 Å². The van der Waals surface area contributed by atoms with E-state index in [2.05, 4.69) is 26.4 Å². The van der Waals surface area contributed by atoms with Crippen LogP contribution < -0.4 is 5.73 Å². The van der Waals surface area contributed by atoms with Crippen LogP contribution in [0.2, 0.25) is 0 Å². The molecule has 0 amide bonds. The summed E-state index contributed by atoms with van der Waals surface area (Å²) in [7, 11) is 0. The van der Waals surface area contributed by atoms with Gasteiger partial charge in [-0.25, -0.2) is 15.0 Å². The Labute approximate surface area is 107 Å². The molecular weight excluding hydrogens is 226 g/mol. The Balaban J connectivity index is 2.55. The van der Waals surface area contributed by atoms with Gasteiger partial charge in [-0.3, -0.25) is 0 Å². The molecule has 0 unspecified atom stereocenters. The standard InChI is InChI=1S/C13H19N5/c1-4-7-18-8-6-15-13(18)11-9(3)12(14)17-10(5-2)16-11/h6,8H,4-5,7H2,1-3H3,(H2,14,16,17). The van der Waals surface area contributed by atoms with Gasteiger partial charge in [-0.05, 0) is 13.3 Å². The van der Waals surface area contributed by atoms with Crippen molar-refractivity contribution in [2.45, 2.75) is 40.2 Å². The summed E-state index contributed by atoms with van der Waals surface area (Å²) in [6.07, 6.45) is 5.60. The maximum Gasteiger partial charge on any atom is 0.159 e. The molecule has 0 aliphatic carbocycles. The first-order valence-electron chi connectivity index (χ1n) is 6.31. The van der Waals surface area contributed by atoms with Crippen LogP contribution in [0.3, 0.4) is 0 Å². The van der Waals surface area contributed by atoms with Gasteiger partial charge in [-0.2, -0.15) is 0 Å². The van der Waals surface area contributed by atoms with Crippen molar-refractivity contribution in [2.75, 3.05) is 5.73 Å². The van der Waals surface area contributed by atoms with Crippen molar-refractivity contribution in [3.8, 4) is 11.5 Å². The second-order valence-electron chi connectivity index (χ2n) is 4.30. The average Bonchev–Trinajstić information content (AvgIpc) is 2.81. The van der Waals surface area contributed by atoms with E-state index >= 15 is 0 Å². The number of rotatable bonds is 4. The summed E-state index contributed by atoms with van der Waals surface area (Å²) in [6, 6.07) is 0. The predicted molar refractivity (Wildman–Crippen MR) is 72.1 cm³/mol. The zero-order valence-corrected chi connectivity index (χ0v) is 11.1. The molecule has 2 heterocycles. The average molecular weight is 245 g/mol. The fraction of sp³-hybridized carbons (Fsp3) is 0.462. The van der Waals surface area contributed by atoms with E-state index in [1.807, 2.05) is 20.0 Å². The fourth-order valence-corrected chi connectivity index (χ4v) is 1.91. The van der Waals surface area contributed by atoms with Crippen LogP contribution in [0.1, 0.15) is 31.7 Å². The Morgan fingerprint density at radius 1 is 1.28 bits per heavy atom. The number of aryl methyl sites for hydroxylation is 2. The van der Waals surface area contributed by atoms with Crippen molar-refractivity contribution in [3.63, 3.8) is 0 Å². The van der Waals surface area contributed by atoms with Crippen molar-refractivity contribution in [3.05, 3.63) is 23.8 Å². The predicted octanol–water partition coefficient (Wildman–Crippen LogP) is 2.20. The summed E-state index contributed by atoms with van der Waals surface area (Å²) in [5, 5.41) is 0. The Kier molecular flexibility index (Phi) is 3.60. The number of imidazole rings is 1. The van der Waals surface area contributed by atoms with Crippen LogP contribution in [-0.4, -0.2) is 19.5 Å². The molecule has 0 saturated carbocycles. The number of nitrogens with two attached hydrogens (primary N) is 1. The lowest BCUT2D eigenvalue weighted by Crippen LogP contribution is -2.07. The lowest BCUT2D eigenvalue weighted by molar-refractivity contribution is 0.683. The highest BCUT2D eigenvalue weighted by Crippen LogP contribution is 2.23. The zero-order valence-electron chi connectivity index (χ0n) is 11.1. The highest BCUT2D eigenvalue weighted by Gasteiger charge is 2.14. The maximum atomic E-state index is 5.94. The first-order valence-corrected chi connectivity index (χ1v) is 6.31. The van der Waals surface area contributed by atoms with Gasteiger partial charge in [0, 0.05) is 30.9 Å². The van der Waals surface area contributed by atoms with Gasteiger partial charge in [0.1, 0.15) is 17.3 Å². The largest absolute Gasteiger partial charge is 0.383 e. The smallest absolute Gasteiger partial charge is 0.159 e. The number of hydrogen-bond donors (Lipinski definition) is 1. The van der Waals surface area contributed by atoms with Gasteiger partial charge in [0.05, 0.1) is 0 Å². The lowest BCUT2D eigenvalue weighted by Gasteiger charge is -2.10. The normalized spacial score (nSPS) is 10.8. The van der Waals surface area contributed by atoms with Crippen molar-refractivity contribution < 1.29 is 0 Å². The molecule has 2 aromatic heterocycles. The summed E-state index contributed by atoms with van der Waals surface area (Å²) < 4.78 is 2.11. The molecule has 0 aliphatic rings. The van der Waals surface area contributed by atoms with Crippen LogP contribution >= 0.6 is 0 Å². The zero-order chi connectivity index (χ0) is 13.1. The molecule has 0 aromatic carbocycles. The van der Waals surface area contributed by atoms with Crippen LogP contribution in [0.25, 0.3) is 11.5 Å². The van der Waals surface area contributed by atoms with Gasteiger partial charge in [0.2, 0.25) is 0 Å². The van der Waals surface area contributed by atoms with E-state index in [0.717, 1.165) is 42.3 Å². The maximum absolute atomic E-state index is 5.94. The Hall–Kier alpha value is -1.91. The molecule has 2 rings (SSSR count). The minimum atomic E-state index is 0.544. The lowest BCUT2D eigenvalue weighted by atomic mass is 10.2. The molecule has 0 bridgehead atoms. The molecule has 18 heavy (non-hydrogen) atoms. The molecule has 0 aliphatic heterocycles. The van der Waals surface area contributed by atoms with Gasteiger partial charge >= 0.3 is 0 Å². The van der Waals surface area contributed by atoms with Crippen LogP contribution in [0.4, 0.5) is 5.82 Å². The molecular formula is C13H19N5. The number of hydrogen-bond acceptors (Lipinski definition) is 4. The molecule has 5 nitrogen and oxygen atoms in total. The van der Waals surface area contributed by atoms with Crippen LogP contribution in [0.15, 0.2) is 12.4 Å². The first kappa shape index (κ1) is 12.5. The highest BCUT2D eigenvalue weighted by atomic mass is 15.1. The second-order valence-corrected chi connectivity index (χ2v) is 4.30. The van der Waals surface area contributed by atoms with Crippen molar-refractivity contribution in [1.29, 1.82) is 0 Å². The van der Waals surface area contributed by atoms with E-state index in [-0.39, 0.29) is 0 Å². The number of anilines is 1. The van der Waals surface area contributed by atoms with Crippen LogP contribution in [-0.2, 0) is 13.0 Å². The molecule has 2 aromatic rings. The van der Waals surface area contributed by atoms with Gasteiger partial charge in [-0.15, -0.1) is 0 Å². The number of aromatic nitrogens is 4. The molecule has 96 valence electrons. The number of nitrogens with zero attached hydrogens (tertiary/aromatic N) is 4. The third kappa shape index (κ3) is 2.20. The van der Waals surface area contributed by atoms with E-state index < -0.39 is 0 Å². The van der Waals surface area contributed by atoms with E-state index in [4.69, 9.17) is 5.73 Å². The summed E-state index contributed by atoms with van der Waals surface area (Å²) >= 11 is 0. The van der Waals surface area contributed by atoms with Gasteiger partial charge < -0.3 is 10.3 Å². The van der Waals surface area contributed by atoms with Gasteiger partial charge in [0.15, 0.2) is 5.82 Å². The van der Waals surface area contributed by atoms with Crippen molar-refractivity contribution in [2.24, 2.45) is 0 Å².